The van der Waals surface area contributed by atoms with Gasteiger partial charge >= 0.3 is 5.97 Å². The summed E-state index contributed by atoms with van der Waals surface area (Å²) in [4.78, 5) is 11.2. The highest BCUT2D eigenvalue weighted by Gasteiger charge is 2.41. The molecule has 0 N–H and O–H groups in total. The first-order valence-corrected chi connectivity index (χ1v) is 5.16. The maximum atomic E-state index is 11.2. The molecule has 0 atom stereocenters. The molecule has 3 nitrogen and oxygen atoms in total. The van der Waals surface area contributed by atoms with Crippen LogP contribution in [0.4, 0.5) is 0 Å². The summed E-state index contributed by atoms with van der Waals surface area (Å²) in [7, 11) is 1.48. The maximum absolute atomic E-state index is 11.2. The van der Waals surface area contributed by atoms with Crippen molar-refractivity contribution in [2.75, 3.05) is 33.3 Å². The zero-order valence-electron chi connectivity index (χ0n) is 8.29. The van der Waals surface area contributed by atoms with E-state index in [4.69, 9.17) is 4.74 Å². The molecule has 13 heavy (non-hydrogen) atoms. The highest BCUT2D eigenvalue weighted by molar-refractivity contribution is 5.70. The molecule has 0 saturated carbocycles. The van der Waals surface area contributed by atoms with Gasteiger partial charge in [-0.25, -0.2) is 4.79 Å². The molecule has 0 spiro atoms. The van der Waals surface area contributed by atoms with Crippen molar-refractivity contribution in [1.82, 2.24) is 0 Å². The molecule has 3 heteroatoms. The standard InChI is InChI=1S/C10H18NO2/c1-13-10(12)8-11-5-2-9(3-6-11)4-7-11/h9H,2-8H2,1H3/q+1. The van der Waals surface area contributed by atoms with Crippen LogP contribution in [0, 0.1) is 5.92 Å². The van der Waals surface area contributed by atoms with Crippen molar-refractivity contribution in [2.45, 2.75) is 19.3 Å². The summed E-state index contributed by atoms with van der Waals surface area (Å²) in [5, 5.41) is 0. The fourth-order valence-electron chi connectivity index (χ4n) is 2.71. The molecular formula is C10H18NO2+. The van der Waals surface area contributed by atoms with Crippen LogP contribution in [0.15, 0.2) is 0 Å². The zero-order valence-corrected chi connectivity index (χ0v) is 8.29. The van der Waals surface area contributed by atoms with E-state index in [1.165, 1.54) is 46.0 Å². The fraction of sp³-hybridized carbons (Fsp3) is 0.900. The first-order chi connectivity index (χ1) is 6.24. The molecule has 0 aliphatic carbocycles. The summed E-state index contributed by atoms with van der Waals surface area (Å²) in [6.07, 6.45) is 3.95. The minimum absolute atomic E-state index is 0.0413. The second kappa shape index (κ2) is 3.29. The van der Waals surface area contributed by atoms with Crippen LogP contribution in [0.2, 0.25) is 0 Å². The van der Waals surface area contributed by atoms with E-state index in [2.05, 4.69) is 0 Å². The SMILES string of the molecule is COC(=O)C[N+]12CCC(CC1)CC2. The highest BCUT2D eigenvalue weighted by Crippen LogP contribution is 2.33. The van der Waals surface area contributed by atoms with Gasteiger partial charge in [0.2, 0.25) is 0 Å². The molecule has 0 radical (unpaired) electrons. The number of quaternary nitrogens is 1. The van der Waals surface area contributed by atoms with Crippen LogP contribution in [0.3, 0.4) is 0 Å². The molecule has 3 heterocycles. The van der Waals surface area contributed by atoms with Crippen LogP contribution in [0.1, 0.15) is 19.3 Å². The van der Waals surface area contributed by atoms with Crippen molar-refractivity contribution in [2.24, 2.45) is 5.92 Å². The summed E-state index contributed by atoms with van der Waals surface area (Å²) in [5.74, 6) is 0.915. The minimum Gasteiger partial charge on any atom is -0.465 e. The van der Waals surface area contributed by atoms with Crippen LogP contribution in [0.5, 0.6) is 0 Å². The van der Waals surface area contributed by atoms with E-state index in [0.717, 1.165) is 10.4 Å². The third-order valence-corrected chi connectivity index (χ3v) is 3.73. The first-order valence-electron chi connectivity index (χ1n) is 5.16. The number of ether oxygens (including phenoxy) is 1. The molecule has 3 fully saturated rings. The van der Waals surface area contributed by atoms with Gasteiger partial charge in [-0.15, -0.1) is 0 Å². The Kier molecular flexibility index (Phi) is 2.28. The lowest BCUT2D eigenvalue weighted by Gasteiger charge is -2.48. The van der Waals surface area contributed by atoms with Crippen LogP contribution in [-0.4, -0.2) is 43.7 Å². The Morgan fingerprint density at radius 2 is 1.85 bits per heavy atom. The number of fused-ring (bicyclic) bond motifs is 3. The smallest absolute Gasteiger partial charge is 0.361 e. The summed E-state index contributed by atoms with van der Waals surface area (Å²) in [6.45, 7) is 4.18. The van der Waals surface area contributed by atoms with Crippen LogP contribution >= 0.6 is 0 Å². The molecule has 0 aromatic carbocycles. The van der Waals surface area contributed by atoms with Gasteiger partial charge in [0, 0.05) is 0 Å². The summed E-state index contributed by atoms with van der Waals surface area (Å²) in [6, 6.07) is 0. The summed E-state index contributed by atoms with van der Waals surface area (Å²) < 4.78 is 5.75. The number of nitrogens with zero attached hydrogens (tertiary/aromatic N) is 1. The van der Waals surface area contributed by atoms with E-state index in [0.29, 0.717) is 6.54 Å². The third-order valence-electron chi connectivity index (χ3n) is 3.73. The molecule has 0 aromatic rings. The Bertz CT molecular complexity index is 193. The second-order valence-electron chi connectivity index (χ2n) is 4.48. The topological polar surface area (TPSA) is 26.3 Å². The van der Waals surface area contributed by atoms with Gasteiger partial charge in [-0.2, -0.15) is 0 Å². The van der Waals surface area contributed by atoms with Gasteiger partial charge < -0.3 is 9.22 Å². The number of piperidine rings is 3. The van der Waals surface area contributed by atoms with Crippen molar-refractivity contribution < 1.29 is 14.0 Å². The van der Waals surface area contributed by atoms with Gasteiger partial charge in [0.25, 0.3) is 0 Å². The number of esters is 1. The molecule has 3 rings (SSSR count). The quantitative estimate of drug-likeness (QED) is 0.468. The van der Waals surface area contributed by atoms with E-state index in [1.807, 2.05) is 0 Å². The monoisotopic (exact) mass is 184 g/mol. The van der Waals surface area contributed by atoms with Crippen molar-refractivity contribution in [3.8, 4) is 0 Å². The second-order valence-corrected chi connectivity index (χ2v) is 4.48. The minimum atomic E-state index is -0.0413. The first kappa shape index (κ1) is 9.00. The summed E-state index contributed by atoms with van der Waals surface area (Å²) in [5.41, 5.74) is 0. The summed E-state index contributed by atoms with van der Waals surface area (Å²) >= 11 is 0. The van der Waals surface area contributed by atoms with Crippen molar-refractivity contribution in [1.29, 1.82) is 0 Å². The van der Waals surface area contributed by atoms with E-state index in [9.17, 15) is 4.79 Å². The molecule has 0 aromatic heterocycles. The third kappa shape index (κ3) is 1.70. The molecular weight excluding hydrogens is 166 g/mol. The number of hydrogen-bond donors (Lipinski definition) is 0. The lowest BCUT2D eigenvalue weighted by atomic mass is 9.86. The largest absolute Gasteiger partial charge is 0.465 e. The predicted molar refractivity (Wildman–Crippen MR) is 49.1 cm³/mol. The number of carbonyl (C=O) groups is 1. The van der Waals surface area contributed by atoms with Gasteiger partial charge in [-0.1, -0.05) is 0 Å². The van der Waals surface area contributed by atoms with E-state index in [1.54, 1.807) is 0 Å². The van der Waals surface area contributed by atoms with Gasteiger partial charge in [0.05, 0.1) is 26.7 Å². The van der Waals surface area contributed by atoms with Crippen molar-refractivity contribution in [3.63, 3.8) is 0 Å². The number of hydrogen-bond acceptors (Lipinski definition) is 2. The van der Waals surface area contributed by atoms with E-state index in [-0.39, 0.29) is 5.97 Å². The average molecular weight is 184 g/mol. The average Bonchev–Trinajstić information content (AvgIpc) is 2.20. The van der Waals surface area contributed by atoms with Crippen LogP contribution in [-0.2, 0) is 9.53 Å². The Labute approximate surface area is 79.3 Å². The van der Waals surface area contributed by atoms with E-state index < -0.39 is 0 Å². The Morgan fingerprint density at radius 1 is 1.31 bits per heavy atom. The molecule has 0 unspecified atom stereocenters. The Hall–Kier alpha value is -0.570. The van der Waals surface area contributed by atoms with Gasteiger partial charge in [-0.05, 0) is 25.2 Å². The number of rotatable bonds is 2. The van der Waals surface area contributed by atoms with Crippen LogP contribution in [0.25, 0.3) is 0 Å². The zero-order chi connectivity index (χ0) is 9.31. The van der Waals surface area contributed by atoms with Crippen molar-refractivity contribution >= 4 is 5.97 Å². The van der Waals surface area contributed by atoms with Crippen LogP contribution < -0.4 is 0 Å². The fourth-order valence-corrected chi connectivity index (χ4v) is 2.71. The highest BCUT2D eigenvalue weighted by atomic mass is 16.5. The Balaban J connectivity index is 1.98. The molecule has 3 aliphatic rings. The van der Waals surface area contributed by atoms with Crippen molar-refractivity contribution in [3.05, 3.63) is 0 Å². The Morgan fingerprint density at radius 3 is 2.31 bits per heavy atom. The van der Waals surface area contributed by atoms with Gasteiger partial charge in [0.15, 0.2) is 6.54 Å². The van der Waals surface area contributed by atoms with Gasteiger partial charge in [0.1, 0.15) is 0 Å². The maximum Gasteiger partial charge on any atom is 0.361 e. The normalized spacial score (nSPS) is 37.5. The molecule has 3 aliphatic heterocycles. The lowest BCUT2D eigenvalue weighted by molar-refractivity contribution is -0.936. The van der Waals surface area contributed by atoms with Gasteiger partial charge in [-0.3, -0.25) is 0 Å². The lowest BCUT2D eigenvalue weighted by Crippen LogP contribution is -2.60. The molecule has 74 valence electrons. The van der Waals surface area contributed by atoms with E-state index >= 15 is 0 Å². The molecule has 2 bridgehead atoms. The predicted octanol–water partition coefficient (Wildman–Crippen LogP) is 0.790. The number of carbonyl (C=O) groups excluding carboxylic acids is 1. The molecule has 0 amide bonds. The molecule has 3 saturated heterocycles. The number of methoxy groups -OCH3 is 1.